The van der Waals surface area contributed by atoms with Crippen LogP contribution in [0.5, 0.6) is 5.75 Å². The summed E-state index contributed by atoms with van der Waals surface area (Å²) in [7, 11) is 0. The molecule has 21 heavy (non-hydrogen) atoms. The van der Waals surface area contributed by atoms with Gasteiger partial charge in [-0.05, 0) is 31.0 Å². The van der Waals surface area contributed by atoms with E-state index in [0.717, 1.165) is 43.9 Å². The molecule has 0 bridgehead atoms. The first-order valence-electron chi connectivity index (χ1n) is 7.81. The summed E-state index contributed by atoms with van der Waals surface area (Å²) in [5, 5.41) is 8.08. The van der Waals surface area contributed by atoms with Gasteiger partial charge in [0.2, 0.25) is 0 Å². The molecule has 0 radical (unpaired) electrons. The minimum atomic E-state index is 0.242. The first-order chi connectivity index (χ1) is 10.3. The van der Waals surface area contributed by atoms with Crippen LogP contribution in [0, 0.1) is 0 Å². The van der Waals surface area contributed by atoms with Crippen molar-refractivity contribution in [2.45, 2.75) is 45.9 Å². The number of nitrogens with zero attached hydrogens (tertiary/aromatic N) is 2. The normalized spacial score (nSPS) is 16.8. The fraction of sp³-hybridized carbons (Fsp3) is 0.471. The molecule has 4 nitrogen and oxygen atoms in total. The zero-order chi connectivity index (χ0) is 14.7. The van der Waals surface area contributed by atoms with Crippen LogP contribution in [-0.4, -0.2) is 22.4 Å². The third-order valence-electron chi connectivity index (χ3n) is 3.97. The monoisotopic (exact) mass is 285 g/mol. The lowest BCUT2D eigenvalue weighted by Crippen LogP contribution is -2.30. The van der Waals surface area contributed by atoms with E-state index in [9.17, 15) is 0 Å². The van der Waals surface area contributed by atoms with Gasteiger partial charge in [0.25, 0.3) is 0 Å². The van der Waals surface area contributed by atoms with E-state index >= 15 is 0 Å². The van der Waals surface area contributed by atoms with Gasteiger partial charge in [0, 0.05) is 26.1 Å². The Kier molecular flexibility index (Phi) is 4.25. The molecule has 1 N–H and O–H groups in total. The van der Waals surface area contributed by atoms with Gasteiger partial charge in [-0.25, -0.2) is 0 Å². The Hall–Kier alpha value is -1.81. The third-order valence-corrected chi connectivity index (χ3v) is 3.97. The molecule has 1 aromatic heterocycles. The van der Waals surface area contributed by atoms with Crippen LogP contribution in [0.3, 0.4) is 0 Å². The lowest BCUT2D eigenvalue weighted by Gasteiger charge is -2.12. The molecule has 0 aliphatic carbocycles. The maximum atomic E-state index is 5.94. The molecule has 4 heteroatoms. The molecule has 112 valence electrons. The fourth-order valence-corrected chi connectivity index (χ4v) is 2.83. The van der Waals surface area contributed by atoms with E-state index in [-0.39, 0.29) is 6.10 Å². The minimum absolute atomic E-state index is 0.242. The first kappa shape index (κ1) is 14.1. The van der Waals surface area contributed by atoms with Crippen molar-refractivity contribution in [3.05, 3.63) is 47.3 Å². The van der Waals surface area contributed by atoms with Gasteiger partial charge in [-0.2, -0.15) is 5.10 Å². The zero-order valence-corrected chi connectivity index (χ0v) is 12.8. The minimum Gasteiger partial charge on any atom is -0.488 e. The molecule has 1 aliphatic heterocycles. The number of hydrogen-bond donors (Lipinski definition) is 1. The van der Waals surface area contributed by atoms with E-state index in [1.54, 1.807) is 0 Å². The lowest BCUT2D eigenvalue weighted by molar-refractivity contribution is 0.227. The number of nitrogens with one attached hydrogen (secondary N) is 1. The van der Waals surface area contributed by atoms with Gasteiger partial charge in [0.1, 0.15) is 11.9 Å². The second-order valence-corrected chi connectivity index (χ2v) is 5.48. The van der Waals surface area contributed by atoms with Crippen molar-refractivity contribution in [1.82, 2.24) is 15.1 Å². The third kappa shape index (κ3) is 3.10. The molecular weight excluding hydrogens is 262 g/mol. The largest absolute Gasteiger partial charge is 0.488 e. The quantitative estimate of drug-likeness (QED) is 0.886. The molecule has 0 saturated carbocycles. The van der Waals surface area contributed by atoms with Crippen LogP contribution in [0.2, 0.25) is 0 Å². The number of hydrogen-bond acceptors (Lipinski definition) is 3. The molecule has 0 fully saturated rings. The molecule has 3 rings (SSSR count). The Morgan fingerprint density at radius 2 is 2.19 bits per heavy atom. The average Bonchev–Trinajstić information content (AvgIpc) is 3.10. The second-order valence-electron chi connectivity index (χ2n) is 5.48. The van der Waals surface area contributed by atoms with E-state index < -0.39 is 0 Å². The van der Waals surface area contributed by atoms with E-state index in [1.165, 1.54) is 11.3 Å². The van der Waals surface area contributed by atoms with Crippen LogP contribution in [0.15, 0.2) is 30.3 Å². The van der Waals surface area contributed by atoms with Crippen molar-refractivity contribution >= 4 is 0 Å². The summed E-state index contributed by atoms with van der Waals surface area (Å²) >= 11 is 0. The van der Waals surface area contributed by atoms with Crippen molar-refractivity contribution in [1.29, 1.82) is 0 Å². The topological polar surface area (TPSA) is 39.1 Å². The van der Waals surface area contributed by atoms with Crippen LogP contribution in [-0.2, 0) is 25.9 Å². The maximum absolute atomic E-state index is 5.94. The van der Waals surface area contributed by atoms with Gasteiger partial charge in [-0.1, -0.05) is 25.1 Å². The van der Waals surface area contributed by atoms with Gasteiger partial charge in [-0.3, -0.25) is 4.68 Å². The number of aromatic nitrogens is 2. The summed E-state index contributed by atoms with van der Waals surface area (Å²) in [5.41, 5.74) is 3.74. The van der Waals surface area contributed by atoms with E-state index in [4.69, 9.17) is 4.74 Å². The van der Waals surface area contributed by atoms with Crippen LogP contribution >= 0.6 is 0 Å². The number of ether oxygens (including phenoxy) is 1. The number of fused-ring (bicyclic) bond motifs is 1. The maximum Gasteiger partial charge on any atom is 0.123 e. The average molecular weight is 285 g/mol. The predicted octanol–water partition coefficient (Wildman–Crippen LogP) is 2.56. The highest BCUT2D eigenvalue weighted by atomic mass is 16.5. The highest BCUT2D eigenvalue weighted by molar-refractivity contribution is 5.37. The fourth-order valence-electron chi connectivity index (χ4n) is 2.83. The van der Waals surface area contributed by atoms with Gasteiger partial charge < -0.3 is 10.1 Å². The lowest BCUT2D eigenvalue weighted by atomic mass is 10.1. The molecule has 1 unspecified atom stereocenters. The Morgan fingerprint density at radius 1 is 1.33 bits per heavy atom. The molecule has 1 aliphatic rings. The van der Waals surface area contributed by atoms with Crippen molar-refractivity contribution in [2.24, 2.45) is 0 Å². The Balaban J connectivity index is 1.52. The highest BCUT2D eigenvalue weighted by Gasteiger charge is 2.21. The second kappa shape index (κ2) is 6.31. The van der Waals surface area contributed by atoms with Crippen LogP contribution in [0.1, 0.15) is 30.8 Å². The van der Waals surface area contributed by atoms with Crippen molar-refractivity contribution in [2.75, 3.05) is 6.54 Å². The number of benzene rings is 1. The number of aryl methyl sites for hydroxylation is 2. The van der Waals surface area contributed by atoms with Gasteiger partial charge in [0.15, 0.2) is 0 Å². The summed E-state index contributed by atoms with van der Waals surface area (Å²) in [6.45, 7) is 6.90. The zero-order valence-electron chi connectivity index (χ0n) is 12.8. The van der Waals surface area contributed by atoms with E-state index in [0.29, 0.717) is 0 Å². The molecule has 0 amide bonds. The van der Waals surface area contributed by atoms with Crippen LogP contribution in [0.4, 0.5) is 0 Å². The van der Waals surface area contributed by atoms with Gasteiger partial charge >= 0.3 is 0 Å². The molecule has 1 aromatic carbocycles. The summed E-state index contributed by atoms with van der Waals surface area (Å²) in [5.74, 6) is 1.04. The first-order valence-corrected chi connectivity index (χ1v) is 7.81. The van der Waals surface area contributed by atoms with Crippen LogP contribution < -0.4 is 10.1 Å². The Labute approximate surface area is 126 Å². The van der Waals surface area contributed by atoms with Crippen LogP contribution in [0.25, 0.3) is 0 Å². The van der Waals surface area contributed by atoms with Gasteiger partial charge in [0.05, 0.1) is 11.4 Å². The van der Waals surface area contributed by atoms with Gasteiger partial charge in [-0.15, -0.1) is 0 Å². The summed E-state index contributed by atoms with van der Waals surface area (Å²) < 4.78 is 8.02. The Morgan fingerprint density at radius 3 is 2.95 bits per heavy atom. The van der Waals surface area contributed by atoms with Crippen molar-refractivity contribution in [3.8, 4) is 5.75 Å². The molecule has 2 aromatic rings. The molecular formula is C17H23N3O. The van der Waals surface area contributed by atoms with E-state index in [1.807, 2.05) is 6.07 Å². The van der Waals surface area contributed by atoms with Crippen molar-refractivity contribution < 1.29 is 4.74 Å². The standard InChI is InChI=1S/C17H23N3O/c1-3-14-10-15(20(4-2)19-14)11-18-12-16-9-13-7-5-6-8-17(13)21-16/h5-8,10,16,18H,3-4,9,11-12H2,1-2H3. The summed E-state index contributed by atoms with van der Waals surface area (Å²) in [6, 6.07) is 10.5. The Bertz CT molecular complexity index is 581. The summed E-state index contributed by atoms with van der Waals surface area (Å²) in [6.07, 6.45) is 2.23. The van der Waals surface area contributed by atoms with E-state index in [2.05, 4.69) is 53.2 Å². The predicted molar refractivity (Wildman–Crippen MR) is 83.5 cm³/mol. The SMILES string of the molecule is CCc1cc(CNCC2Cc3ccccc3O2)n(CC)n1. The molecule has 0 saturated heterocycles. The molecule has 0 spiro atoms. The number of rotatable bonds is 6. The highest BCUT2D eigenvalue weighted by Crippen LogP contribution is 2.27. The molecule has 1 atom stereocenters. The summed E-state index contributed by atoms with van der Waals surface area (Å²) in [4.78, 5) is 0. The smallest absolute Gasteiger partial charge is 0.123 e. The van der Waals surface area contributed by atoms with Crippen molar-refractivity contribution in [3.63, 3.8) is 0 Å². The number of para-hydroxylation sites is 1. The molecule has 2 heterocycles.